The Bertz CT molecular complexity index is 1180. The number of nitrogens with two attached hydrogens (primary N) is 1. The number of rotatable bonds is 8. The molecule has 9 nitrogen and oxygen atoms in total. The van der Waals surface area contributed by atoms with E-state index in [0.717, 1.165) is 5.56 Å². The first kappa shape index (κ1) is 23.4. The number of carbonyl (C=O) groups is 1. The van der Waals surface area contributed by atoms with Gasteiger partial charge in [-0.3, -0.25) is 9.78 Å². The largest absolute Gasteiger partial charge is 0.469 e. The van der Waals surface area contributed by atoms with Crippen molar-refractivity contribution < 1.29 is 32.5 Å². The van der Waals surface area contributed by atoms with E-state index in [1.807, 2.05) is 0 Å². The highest BCUT2D eigenvalue weighted by atomic mass is 19.4. The normalized spacial score (nSPS) is 13.9. The number of alkyl halides is 3. The van der Waals surface area contributed by atoms with Gasteiger partial charge in [-0.15, -0.1) is 0 Å². The minimum absolute atomic E-state index is 0.0178. The first-order valence-corrected chi connectivity index (χ1v) is 10.2. The van der Waals surface area contributed by atoms with E-state index in [4.69, 9.17) is 15.2 Å². The fraction of sp³-hybridized carbons (Fsp3) is 0.273. The molecule has 1 aliphatic rings. The van der Waals surface area contributed by atoms with Gasteiger partial charge in [0.1, 0.15) is 11.7 Å². The van der Waals surface area contributed by atoms with Gasteiger partial charge in [0.25, 0.3) is 0 Å². The summed E-state index contributed by atoms with van der Waals surface area (Å²) >= 11 is 0. The van der Waals surface area contributed by atoms with Crippen LogP contribution in [-0.2, 0) is 24.1 Å². The molecule has 1 saturated heterocycles. The summed E-state index contributed by atoms with van der Waals surface area (Å²) in [7, 11) is 0. The number of benzene rings is 1. The number of pyridine rings is 1. The fourth-order valence-corrected chi connectivity index (χ4v) is 3.11. The first-order valence-electron chi connectivity index (χ1n) is 10.2. The van der Waals surface area contributed by atoms with Gasteiger partial charge in [0.15, 0.2) is 0 Å². The molecule has 1 amide bonds. The lowest BCUT2D eigenvalue weighted by Gasteiger charge is -2.27. The van der Waals surface area contributed by atoms with Crippen LogP contribution in [0, 0.1) is 0 Å². The Balaban J connectivity index is 1.48. The van der Waals surface area contributed by atoms with E-state index in [-0.39, 0.29) is 37.9 Å². The Morgan fingerprint density at radius 3 is 2.53 bits per heavy atom. The van der Waals surface area contributed by atoms with Crippen LogP contribution in [0.4, 0.5) is 19.1 Å². The van der Waals surface area contributed by atoms with Crippen LogP contribution in [0.25, 0.3) is 11.3 Å². The number of halogens is 3. The van der Waals surface area contributed by atoms with Gasteiger partial charge in [-0.1, -0.05) is 24.3 Å². The topological polar surface area (TPSA) is 132 Å². The predicted molar refractivity (Wildman–Crippen MR) is 114 cm³/mol. The molecule has 34 heavy (non-hydrogen) atoms. The molecule has 4 rings (SSSR count). The average Bonchev–Trinajstić information content (AvgIpc) is 2.79. The van der Waals surface area contributed by atoms with E-state index in [1.54, 1.807) is 24.3 Å². The van der Waals surface area contributed by atoms with E-state index in [9.17, 15) is 23.1 Å². The second-order valence-corrected chi connectivity index (χ2v) is 7.49. The van der Waals surface area contributed by atoms with E-state index < -0.39 is 29.6 Å². The highest BCUT2D eigenvalue weighted by Gasteiger charge is 2.37. The number of aliphatic hydroxyl groups is 1. The summed E-state index contributed by atoms with van der Waals surface area (Å²) in [5, 5.41) is 12.3. The Morgan fingerprint density at radius 1 is 1.21 bits per heavy atom. The molecule has 1 aromatic carbocycles. The van der Waals surface area contributed by atoms with E-state index in [1.165, 1.54) is 12.1 Å². The van der Waals surface area contributed by atoms with Crippen molar-refractivity contribution in [1.82, 2.24) is 15.0 Å². The van der Waals surface area contributed by atoms with Gasteiger partial charge < -0.3 is 25.6 Å². The van der Waals surface area contributed by atoms with E-state index in [0.29, 0.717) is 23.1 Å². The Morgan fingerprint density at radius 2 is 1.94 bits per heavy atom. The van der Waals surface area contributed by atoms with Crippen LogP contribution >= 0.6 is 0 Å². The third kappa shape index (κ3) is 5.41. The SMILES string of the molecule is NC(=O)c1cc(CO)nc(-c2ccc(CNc3ncc(C(F)(F)F)c(OC4COC4)n3)cc2)c1. The molecular formula is C22H20F3N5O4. The molecule has 3 aromatic rings. The molecular weight excluding hydrogens is 455 g/mol. The van der Waals surface area contributed by atoms with Crippen molar-refractivity contribution in [3.63, 3.8) is 0 Å². The number of nitrogens with zero attached hydrogens (tertiary/aromatic N) is 3. The number of aliphatic hydroxyl groups excluding tert-OH is 1. The Hall–Kier alpha value is -3.77. The number of hydrogen-bond donors (Lipinski definition) is 3. The van der Waals surface area contributed by atoms with Crippen molar-refractivity contribution in [2.45, 2.75) is 25.4 Å². The number of amides is 1. The van der Waals surface area contributed by atoms with Gasteiger partial charge in [0.2, 0.25) is 17.7 Å². The molecule has 0 atom stereocenters. The quantitative estimate of drug-likeness (QED) is 0.453. The van der Waals surface area contributed by atoms with Crippen molar-refractivity contribution in [2.75, 3.05) is 18.5 Å². The van der Waals surface area contributed by atoms with Crippen molar-refractivity contribution in [1.29, 1.82) is 0 Å². The number of ether oxygens (including phenoxy) is 2. The second-order valence-electron chi connectivity index (χ2n) is 7.49. The number of anilines is 1. The molecule has 0 spiro atoms. The lowest BCUT2D eigenvalue weighted by molar-refractivity contribution is -0.142. The number of nitrogens with one attached hydrogen (secondary N) is 1. The average molecular weight is 475 g/mol. The summed E-state index contributed by atoms with van der Waals surface area (Å²) in [5.74, 6) is -1.20. The molecule has 1 fully saturated rings. The third-order valence-corrected chi connectivity index (χ3v) is 4.97. The van der Waals surface area contributed by atoms with E-state index in [2.05, 4.69) is 20.3 Å². The monoisotopic (exact) mass is 475 g/mol. The summed E-state index contributed by atoms with van der Waals surface area (Å²) in [6.07, 6.45) is -4.45. The minimum atomic E-state index is -4.65. The Labute approximate surface area is 191 Å². The predicted octanol–water partition coefficient (Wildman–Crippen LogP) is 2.54. The molecule has 12 heteroatoms. The van der Waals surface area contributed by atoms with E-state index >= 15 is 0 Å². The second kappa shape index (κ2) is 9.61. The zero-order valence-corrected chi connectivity index (χ0v) is 17.7. The summed E-state index contributed by atoms with van der Waals surface area (Å²) < 4.78 is 50.0. The molecule has 2 aromatic heterocycles. The molecule has 0 unspecified atom stereocenters. The number of hydrogen-bond acceptors (Lipinski definition) is 8. The van der Waals surface area contributed by atoms with Gasteiger partial charge in [0.05, 0.1) is 31.2 Å². The first-order chi connectivity index (χ1) is 16.2. The maximum atomic E-state index is 13.2. The molecule has 3 heterocycles. The summed E-state index contributed by atoms with van der Waals surface area (Å²) in [6, 6.07) is 10.00. The fourth-order valence-electron chi connectivity index (χ4n) is 3.11. The van der Waals surface area contributed by atoms with Crippen molar-refractivity contribution >= 4 is 11.9 Å². The highest BCUT2D eigenvalue weighted by molar-refractivity contribution is 5.93. The van der Waals surface area contributed by atoms with Gasteiger partial charge in [-0.05, 0) is 17.7 Å². The number of carbonyl (C=O) groups excluding carboxylic acids is 1. The van der Waals surface area contributed by atoms with Crippen LogP contribution in [0.2, 0.25) is 0 Å². The molecule has 178 valence electrons. The molecule has 4 N–H and O–H groups in total. The molecule has 0 aliphatic carbocycles. The third-order valence-electron chi connectivity index (χ3n) is 4.97. The van der Waals surface area contributed by atoms with Crippen LogP contribution < -0.4 is 15.8 Å². The summed E-state index contributed by atoms with van der Waals surface area (Å²) in [5.41, 5.74) is 6.76. The van der Waals surface area contributed by atoms with Crippen LogP contribution in [0.5, 0.6) is 5.88 Å². The zero-order chi connectivity index (χ0) is 24.3. The molecule has 1 aliphatic heterocycles. The molecule has 0 saturated carbocycles. The maximum absolute atomic E-state index is 13.2. The van der Waals surface area contributed by atoms with Crippen LogP contribution in [0.15, 0.2) is 42.6 Å². The molecule has 0 radical (unpaired) electrons. The summed E-state index contributed by atoms with van der Waals surface area (Å²) in [6.45, 7) is 0.290. The lowest BCUT2D eigenvalue weighted by atomic mass is 10.1. The molecule has 0 bridgehead atoms. The summed E-state index contributed by atoms with van der Waals surface area (Å²) in [4.78, 5) is 23.5. The van der Waals surface area contributed by atoms with Gasteiger partial charge in [-0.25, -0.2) is 4.98 Å². The van der Waals surface area contributed by atoms with Gasteiger partial charge in [0, 0.05) is 23.9 Å². The van der Waals surface area contributed by atoms with Gasteiger partial charge in [-0.2, -0.15) is 18.2 Å². The number of aromatic nitrogens is 3. The smallest absolute Gasteiger partial charge is 0.423 e. The van der Waals surface area contributed by atoms with Crippen LogP contribution in [-0.4, -0.2) is 45.3 Å². The standard InChI is InChI=1S/C22H20F3N5O4/c23-22(24,25)17-8-28-21(30-20(17)34-16-10-33-11-16)27-7-12-1-3-13(4-2-12)18-6-14(19(26)32)5-15(9-31)29-18/h1-6,8,16,31H,7,9-11H2,(H2,26,32)(H,27,28,30). The van der Waals surface area contributed by atoms with Crippen molar-refractivity contribution in [2.24, 2.45) is 5.73 Å². The number of primary amides is 1. The van der Waals surface area contributed by atoms with Crippen molar-refractivity contribution in [3.8, 4) is 17.1 Å². The lowest BCUT2D eigenvalue weighted by Crippen LogP contribution is -2.39. The minimum Gasteiger partial charge on any atom is -0.469 e. The van der Waals surface area contributed by atoms with Crippen LogP contribution in [0.3, 0.4) is 0 Å². The van der Waals surface area contributed by atoms with Gasteiger partial charge >= 0.3 is 6.18 Å². The van der Waals surface area contributed by atoms with Crippen LogP contribution in [0.1, 0.15) is 27.2 Å². The highest BCUT2D eigenvalue weighted by Crippen LogP contribution is 2.36. The maximum Gasteiger partial charge on any atom is 0.423 e. The van der Waals surface area contributed by atoms with Crippen molar-refractivity contribution in [3.05, 3.63) is 65.0 Å². The Kier molecular flexibility index (Phi) is 6.61. The zero-order valence-electron chi connectivity index (χ0n) is 17.7.